The molecule has 2 N–H and O–H groups in total. The molecular formula is C24H38ClNO4. The molecule has 1 rings (SSSR count). The maximum Gasteiger partial charge on any atom is 0.220 e. The van der Waals surface area contributed by atoms with Gasteiger partial charge in [0.2, 0.25) is 5.91 Å². The number of aliphatic hydroxyl groups is 1. The number of ketones is 1. The van der Waals surface area contributed by atoms with E-state index in [1.165, 1.54) is 37.6 Å². The molecular weight excluding hydrogens is 402 g/mol. The molecule has 1 aliphatic carbocycles. The quantitative estimate of drug-likeness (QED) is 0.279. The average molecular weight is 440 g/mol. The molecule has 0 aromatic heterocycles. The number of methoxy groups -OCH3 is 1. The Morgan fingerprint density at radius 2 is 2.10 bits per heavy atom. The molecule has 0 saturated carbocycles. The third-order valence-corrected chi connectivity index (χ3v) is 5.64. The zero-order valence-corrected chi connectivity index (χ0v) is 19.3. The Labute approximate surface area is 186 Å². The lowest BCUT2D eigenvalue weighted by molar-refractivity contribution is -0.124. The summed E-state index contributed by atoms with van der Waals surface area (Å²) in [6.45, 7) is 2.40. The number of unbranched alkanes of at least 4 members (excludes halogenated alkanes) is 4. The predicted octanol–water partition coefficient (Wildman–Crippen LogP) is 4.98. The Kier molecular flexibility index (Phi) is 14.4. The Morgan fingerprint density at radius 3 is 2.80 bits per heavy atom. The highest BCUT2D eigenvalue weighted by molar-refractivity contribution is 6.26. The molecule has 1 unspecified atom stereocenters. The minimum atomic E-state index is -0.982. The van der Waals surface area contributed by atoms with Crippen LogP contribution in [0.5, 0.6) is 0 Å². The lowest BCUT2D eigenvalue weighted by Crippen LogP contribution is -2.31. The van der Waals surface area contributed by atoms with E-state index in [1.807, 2.05) is 6.08 Å². The first-order valence-electron chi connectivity index (χ1n) is 11.2. The molecule has 0 heterocycles. The fraction of sp³-hybridized carbons (Fsp3) is 0.667. The zero-order valence-electron chi connectivity index (χ0n) is 18.5. The van der Waals surface area contributed by atoms with Crippen LogP contribution in [0.2, 0.25) is 0 Å². The minimum Gasteiger partial charge on any atom is -0.385 e. The normalized spacial score (nSPS) is 18.5. The first-order chi connectivity index (χ1) is 14.5. The first kappa shape index (κ1) is 26.6. The van der Waals surface area contributed by atoms with Gasteiger partial charge in [-0.3, -0.25) is 9.59 Å². The number of hydrogen-bond acceptors (Lipinski definition) is 4. The van der Waals surface area contributed by atoms with E-state index in [0.717, 1.165) is 12.8 Å². The van der Waals surface area contributed by atoms with Crippen LogP contribution >= 0.6 is 11.6 Å². The maximum absolute atomic E-state index is 12.1. The highest BCUT2D eigenvalue weighted by atomic mass is 35.5. The third kappa shape index (κ3) is 10.6. The fourth-order valence-corrected chi connectivity index (χ4v) is 3.64. The van der Waals surface area contributed by atoms with E-state index in [0.29, 0.717) is 36.8 Å². The third-order valence-electron chi connectivity index (χ3n) is 5.38. The van der Waals surface area contributed by atoms with E-state index < -0.39 is 6.10 Å². The number of Topliss-reactive ketones (excluding diaryl/α,β-unsaturated/α-hetero) is 1. The zero-order chi connectivity index (χ0) is 22.2. The van der Waals surface area contributed by atoms with Crippen LogP contribution in [0.15, 0.2) is 34.9 Å². The summed E-state index contributed by atoms with van der Waals surface area (Å²) < 4.78 is 5.54. The van der Waals surface area contributed by atoms with E-state index in [4.69, 9.17) is 16.3 Å². The molecule has 0 fully saturated rings. The second-order valence-electron chi connectivity index (χ2n) is 7.79. The number of halogens is 1. The summed E-state index contributed by atoms with van der Waals surface area (Å²) in [7, 11) is 1.76. The van der Waals surface area contributed by atoms with Crippen LogP contribution in [0, 0.1) is 0 Å². The number of nitrogens with one attached hydrogen (secondary N) is 1. The average Bonchev–Trinajstić information content (AvgIpc) is 2.75. The Morgan fingerprint density at radius 1 is 1.33 bits per heavy atom. The molecule has 6 heteroatoms. The first-order valence-corrected chi connectivity index (χ1v) is 11.6. The summed E-state index contributed by atoms with van der Waals surface area (Å²) in [6, 6.07) is 0. The van der Waals surface area contributed by atoms with E-state index in [9.17, 15) is 14.7 Å². The van der Waals surface area contributed by atoms with Crippen molar-refractivity contribution in [3.05, 3.63) is 34.9 Å². The van der Waals surface area contributed by atoms with Crippen LogP contribution in [0.25, 0.3) is 0 Å². The molecule has 0 radical (unpaired) electrons. The summed E-state index contributed by atoms with van der Waals surface area (Å²) in [5, 5.41) is 12.5. The summed E-state index contributed by atoms with van der Waals surface area (Å²) in [6.07, 6.45) is 15.5. The van der Waals surface area contributed by atoms with Gasteiger partial charge in [-0.15, -0.1) is 0 Å². The van der Waals surface area contributed by atoms with Gasteiger partial charge in [0.15, 0.2) is 5.78 Å². The summed E-state index contributed by atoms with van der Waals surface area (Å²) in [5.74, 6) is -0.428. The van der Waals surface area contributed by atoms with Gasteiger partial charge in [-0.05, 0) is 37.7 Å². The largest absolute Gasteiger partial charge is 0.385 e. The molecule has 0 saturated heterocycles. The number of hydrogen-bond donors (Lipinski definition) is 2. The molecule has 1 aliphatic rings. The van der Waals surface area contributed by atoms with Gasteiger partial charge in [-0.1, -0.05) is 68.9 Å². The van der Waals surface area contributed by atoms with Crippen molar-refractivity contribution in [3.63, 3.8) is 0 Å². The number of amides is 1. The van der Waals surface area contributed by atoms with E-state index >= 15 is 0 Å². The van der Waals surface area contributed by atoms with Gasteiger partial charge in [0, 0.05) is 31.2 Å². The van der Waals surface area contributed by atoms with Crippen molar-refractivity contribution in [2.24, 2.45) is 0 Å². The summed E-state index contributed by atoms with van der Waals surface area (Å²) in [4.78, 5) is 24.1. The number of ether oxygens (including phenoxy) is 1. The van der Waals surface area contributed by atoms with Crippen LogP contribution in [0.3, 0.4) is 0 Å². The molecule has 0 aromatic rings. The van der Waals surface area contributed by atoms with Gasteiger partial charge >= 0.3 is 0 Å². The SMILES string of the molecule is CCCCCCCC(C/C=C/CCC(=O)NC/C(=C/Cl)C1=CCC[C@@H](O)C1=O)OC. The maximum atomic E-state index is 12.1. The van der Waals surface area contributed by atoms with Crippen molar-refractivity contribution in [3.8, 4) is 0 Å². The molecule has 2 atom stereocenters. The van der Waals surface area contributed by atoms with E-state index in [2.05, 4.69) is 18.3 Å². The lowest BCUT2D eigenvalue weighted by atomic mass is 9.91. The lowest BCUT2D eigenvalue weighted by Gasteiger charge is -2.19. The monoisotopic (exact) mass is 439 g/mol. The summed E-state index contributed by atoms with van der Waals surface area (Å²) >= 11 is 5.84. The van der Waals surface area contributed by atoms with Crippen LogP contribution in [-0.2, 0) is 14.3 Å². The van der Waals surface area contributed by atoms with Crippen LogP contribution in [0.1, 0.15) is 77.6 Å². The predicted molar refractivity (Wildman–Crippen MR) is 122 cm³/mol. The molecule has 170 valence electrons. The number of rotatable bonds is 15. The number of carbonyl (C=O) groups excluding carboxylic acids is 2. The molecule has 1 amide bonds. The standard InChI is InChI=1S/C24H38ClNO4/c1-3-4-5-6-8-12-20(30-2)13-9-7-10-16-23(28)26-18-19(17-25)21-14-11-15-22(27)24(21)29/h7,9,14,17,20,22,27H,3-6,8,10-13,15-16,18H2,1-2H3,(H,26,28)/b9-7+,19-17-/t20?,22-/m1/s1. The summed E-state index contributed by atoms with van der Waals surface area (Å²) in [5.41, 5.74) is 2.24. The van der Waals surface area contributed by atoms with Gasteiger partial charge in [0.25, 0.3) is 0 Å². The van der Waals surface area contributed by atoms with Crippen molar-refractivity contribution in [1.82, 2.24) is 5.32 Å². The Hall–Kier alpha value is -1.43. The number of aliphatic hydroxyl groups excluding tert-OH is 1. The molecule has 5 nitrogen and oxygen atoms in total. The molecule has 30 heavy (non-hydrogen) atoms. The van der Waals surface area contributed by atoms with E-state index in [1.54, 1.807) is 13.2 Å². The second-order valence-corrected chi connectivity index (χ2v) is 8.01. The van der Waals surface area contributed by atoms with Crippen molar-refractivity contribution < 1.29 is 19.4 Å². The van der Waals surface area contributed by atoms with Gasteiger partial charge in [0.05, 0.1) is 6.10 Å². The van der Waals surface area contributed by atoms with Crippen LogP contribution in [-0.4, -0.2) is 42.7 Å². The van der Waals surface area contributed by atoms with Gasteiger partial charge in [0.1, 0.15) is 6.10 Å². The van der Waals surface area contributed by atoms with Gasteiger partial charge in [-0.25, -0.2) is 0 Å². The van der Waals surface area contributed by atoms with Crippen LogP contribution < -0.4 is 5.32 Å². The van der Waals surface area contributed by atoms with Gasteiger partial charge < -0.3 is 15.2 Å². The molecule has 0 aliphatic heterocycles. The Bertz CT molecular complexity index is 612. The highest BCUT2D eigenvalue weighted by Crippen LogP contribution is 2.21. The molecule has 0 spiro atoms. The van der Waals surface area contributed by atoms with Crippen molar-refractivity contribution in [2.45, 2.75) is 89.8 Å². The Balaban J connectivity index is 2.25. The molecule has 0 bridgehead atoms. The number of carbonyl (C=O) groups is 2. The van der Waals surface area contributed by atoms with Crippen LogP contribution in [0.4, 0.5) is 0 Å². The topological polar surface area (TPSA) is 75.6 Å². The van der Waals surface area contributed by atoms with Crippen molar-refractivity contribution in [1.29, 1.82) is 0 Å². The van der Waals surface area contributed by atoms with Crippen molar-refractivity contribution >= 4 is 23.3 Å². The smallest absolute Gasteiger partial charge is 0.220 e. The number of allylic oxidation sites excluding steroid dienone is 2. The van der Waals surface area contributed by atoms with Gasteiger partial charge in [-0.2, -0.15) is 0 Å². The minimum absolute atomic E-state index is 0.0979. The van der Waals surface area contributed by atoms with E-state index in [-0.39, 0.29) is 24.3 Å². The van der Waals surface area contributed by atoms with Crippen molar-refractivity contribution in [2.75, 3.05) is 13.7 Å². The second kappa shape index (κ2) is 16.3. The molecule has 0 aromatic carbocycles. The fourth-order valence-electron chi connectivity index (χ4n) is 3.45. The highest BCUT2D eigenvalue weighted by Gasteiger charge is 2.25.